The third-order valence-corrected chi connectivity index (χ3v) is 3.05. The molecule has 1 heterocycles. The Bertz CT molecular complexity index is 354. The predicted molar refractivity (Wildman–Crippen MR) is 61.1 cm³/mol. The van der Waals surface area contributed by atoms with E-state index in [9.17, 15) is 15.0 Å². The Kier molecular flexibility index (Phi) is 4.85. The van der Waals surface area contributed by atoms with Crippen LogP contribution >= 0.6 is 11.3 Å². The monoisotopic (exact) mass is 244 g/mol. The summed E-state index contributed by atoms with van der Waals surface area (Å²) >= 11 is 1.36. The number of nitrogens with zero attached hydrogens (tertiary/aromatic N) is 1. The third-order valence-electron chi connectivity index (χ3n) is 2.07. The van der Waals surface area contributed by atoms with Crippen LogP contribution in [0, 0.1) is 6.92 Å². The van der Waals surface area contributed by atoms with Gasteiger partial charge in [-0.05, 0) is 13.3 Å². The predicted octanol–water partition coefficient (Wildman–Crippen LogP) is 0.372. The minimum Gasteiger partial charge on any atom is -0.390 e. The van der Waals surface area contributed by atoms with Gasteiger partial charge >= 0.3 is 0 Å². The van der Waals surface area contributed by atoms with Gasteiger partial charge in [-0.15, -0.1) is 11.3 Å². The smallest absolute Gasteiger partial charge is 0.216 e. The van der Waals surface area contributed by atoms with Gasteiger partial charge in [0, 0.05) is 24.5 Å². The molecule has 90 valence electrons. The number of aliphatic hydroxyl groups excluding tert-OH is 2. The first-order valence-corrected chi connectivity index (χ1v) is 5.85. The van der Waals surface area contributed by atoms with Crippen molar-refractivity contribution in [2.24, 2.45) is 0 Å². The average molecular weight is 244 g/mol. The normalized spacial score (nSPS) is 14.5. The summed E-state index contributed by atoms with van der Waals surface area (Å²) in [6.07, 6.45) is 0.0771. The van der Waals surface area contributed by atoms with Gasteiger partial charge in [0.25, 0.3) is 0 Å². The van der Waals surface area contributed by atoms with Gasteiger partial charge in [0.1, 0.15) is 11.1 Å². The second kappa shape index (κ2) is 5.93. The number of aliphatic hydroxyl groups is 2. The Morgan fingerprint density at radius 2 is 2.31 bits per heavy atom. The van der Waals surface area contributed by atoms with Gasteiger partial charge < -0.3 is 15.5 Å². The molecule has 16 heavy (non-hydrogen) atoms. The molecule has 2 unspecified atom stereocenters. The first-order chi connectivity index (χ1) is 7.50. The molecule has 1 aromatic heterocycles. The van der Waals surface area contributed by atoms with Crippen LogP contribution in [0.5, 0.6) is 0 Å². The van der Waals surface area contributed by atoms with Crippen molar-refractivity contribution in [3.63, 3.8) is 0 Å². The van der Waals surface area contributed by atoms with Gasteiger partial charge in [0.2, 0.25) is 5.91 Å². The lowest BCUT2D eigenvalue weighted by atomic mass is 10.1. The Morgan fingerprint density at radius 1 is 1.62 bits per heavy atom. The highest BCUT2D eigenvalue weighted by atomic mass is 32.1. The maximum atomic E-state index is 10.6. The zero-order valence-corrected chi connectivity index (χ0v) is 10.1. The first-order valence-electron chi connectivity index (χ1n) is 5.03. The molecule has 1 aromatic rings. The Balaban J connectivity index is 2.41. The van der Waals surface area contributed by atoms with E-state index in [1.165, 1.54) is 18.3 Å². The number of thiazole rings is 1. The van der Waals surface area contributed by atoms with Crippen LogP contribution in [-0.2, 0) is 4.79 Å². The quantitative estimate of drug-likeness (QED) is 0.699. The van der Waals surface area contributed by atoms with Gasteiger partial charge in [-0.2, -0.15) is 0 Å². The highest BCUT2D eigenvalue weighted by molar-refractivity contribution is 7.11. The fourth-order valence-corrected chi connectivity index (χ4v) is 2.05. The summed E-state index contributed by atoms with van der Waals surface area (Å²) in [5, 5.41) is 22.5. The molecular formula is C10H16N2O3S. The van der Waals surface area contributed by atoms with Gasteiger partial charge in [-0.25, -0.2) is 4.98 Å². The van der Waals surface area contributed by atoms with Crippen molar-refractivity contribution in [1.82, 2.24) is 10.3 Å². The van der Waals surface area contributed by atoms with E-state index in [0.29, 0.717) is 18.0 Å². The van der Waals surface area contributed by atoms with Gasteiger partial charge in [-0.3, -0.25) is 4.79 Å². The van der Waals surface area contributed by atoms with E-state index in [-0.39, 0.29) is 5.91 Å². The lowest BCUT2D eigenvalue weighted by Crippen LogP contribution is -2.27. The number of hydrogen-bond acceptors (Lipinski definition) is 5. The van der Waals surface area contributed by atoms with Crippen molar-refractivity contribution in [3.8, 4) is 0 Å². The molecule has 0 saturated heterocycles. The minimum atomic E-state index is -0.979. The maximum absolute atomic E-state index is 10.6. The topological polar surface area (TPSA) is 82.5 Å². The summed E-state index contributed by atoms with van der Waals surface area (Å²) in [6.45, 7) is 3.64. The number of carbonyl (C=O) groups excluding carboxylic acids is 1. The number of rotatable bonds is 5. The molecule has 0 aliphatic carbocycles. The van der Waals surface area contributed by atoms with Crippen LogP contribution in [0.4, 0.5) is 0 Å². The zero-order valence-electron chi connectivity index (χ0n) is 9.30. The largest absolute Gasteiger partial charge is 0.390 e. The van der Waals surface area contributed by atoms with Crippen LogP contribution in [0.25, 0.3) is 0 Å². The van der Waals surface area contributed by atoms with Crippen LogP contribution in [0.1, 0.15) is 29.3 Å². The number of amides is 1. The highest BCUT2D eigenvalue weighted by Crippen LogP contribution is 2.23. The molecule has 0 aliphatic rings. The lowest BCUT2D eigenvalue weighted by molar-refractivity contribution is -0.119. The maximum Gasteiger partial charge on any atom is 0.216 e. The minimum absolute atomic E-state index is 0.146. The highest BCUT2D eigenvalue weighted by Gasteiger charge is 2.20. The van der Waals surface area contributed by atoms with Crippen molar-refractivity contribution in [3.05, 3.63) is 16.1 Å². The molecule has 0 aromatic carbocycles. The summed E-state index contributed by atoms with van der Waals surface area (Å²) in [5.41, 5.74) is 0. The van der Waals surface area contributed by atoms with E-state index in [1.54, 1.807) is 6.20 Å². The Morgan fingerprint density at radius 3 is 2.81 bits per heavy atom. The molecule has 0 aliphatic heterocycles. The van der Waals surface area contributed by atoms with E-state index in [4.69, 9.17) is 0 Å². The van der Waals surface area contributed by atoms with E-state index >= 15 is 0 Å². The average Bonchev–Trinajstić information content (AvgIpc) is 2.63. The summed E-state index contributed by atoms with van der Waals surface area (Å²) in [5.74, 6) is -0.146. The van der Waals surface area contributed by atoms with Crippen LogP contribution in [0.15, 0.2) is 6.20 Å². The molecule has 6 heteroatoms. The van der Waals surface area contributed by atoms with Crippen molar-refractivity contribution in [1.29, 1.82) is 0 Å². The second-order valence-corrected chi connectivity index (χ2v) is 4.86. The standard InChI is InChI=1S/C10H16N2O3S/c1-6-5-12-10(16-6)9(15)8(14)3-4-11-7(2)13/h5,8-9,14-15H,3-4H2,1-2H3,(H,11,13). The first kappa shape index (κ1) is 13.1. The molecule has 0 bridgehead atoms. The number of nitrogens with one attached hydrogen (secondary N) is 1. The van der Waals surface area contributed by atoms with E-state index in [0.717, 1.165) is 4.88 Å². The molecule has 0 saturated carbocycles. The van der Waals surface area contributed by atoms with Crippen LogP contribution < -0.4 is 5.32 Å². The number of aryl methyl sites for hydroxylation is 1. The van der Waals surface area contributed by atoms with Crippen molar-refractivity contribution in [2.45, 2.75) is 32.5 Å². The summed E-state index contributed by atoms with van der Waals surface area (Å²) in [6, 6.07) is 0. The lowest BCUT2D eigenvalue weighted by Gasteiger charge is -2.15. The molecular weight excluding hydrogens is 228 g/mol. The number of carbonyl (C=O) groups is 1. The summed E-state index contributed by atoms with van der Waals surface area (Å²) in [4.78, 5) is 15.6. The Hall–Kier alpha value is -0.980. The fourth-order valence-electron chi connectivity index (χ4n) is 1.23. The number of hydrogen-bond donors (Lipinski definition) is 3. The van der Waals surface area contributed by atoms with E-state index in [2.05, 4.69) is 10.3 Å². The van der Waals surface area contributed by atoms with Crippen LogP contribution in [-0.4, -0.2) is 33.8 Å². The third kappa shape index (κ3) is 3.88. The van der Waals surface area contributed by atoms with Gasteiger partial charge in [-0.1, -0.05) is 0 Å². The molecule has 0 radical (unpaired) electrons. The second-order valence-electron chi connectivity index (χ2n) is 3.59. The van der Waals surface area contributed by atoms with Crippen molar-refractivity contribution < 1.29 is 15.0 Å². The van der Waals surface area contributed by atoms with Gasteiger partial charge in [0.05, 0.1) is 6.10 Å². The van der Waals surface area contributed by atoms with Crippen molar-refractivity contribution >= 4 is 17.2 Å². The molecule has 0 fully saturated rings. The number of aromatic nitrogens is 1. The van der Waals surface area contributed by atoms with Crippen molar-refractivity contribution in [2.75, 3.05) is 6.54 Å². The molecule has 2 atom stereocenters. The SMILES string of the molecule is CC(=O)NCCC(O)C(O)c1ncc(C)s1. The Labute approximate surface area is 98.1 Å². The summed E-state index contributed by atoms with van der Waals surface area (Å²) in [7, 11) is 0. The van der Waals surface area contributed by atoms with E-state index < -0.39 is 12.2 Å². The van der Waals surface area contributed by atoms with E-state index in [1.807, 2.05) is 6.92 Å². The molecule has 1 amide bonds. The van der Waals surface area contributed by atoms with Crippen LogP contribution in [0.2, 0.25) is 0 Å². The fraction of sp³-hybridized carbons (Fsp3) is 0.600. The molecule has 1 rings (SSSR count). The summed E-state index contributed by atoms with van der Waals surface area (Å²) < 4.78 is 0. The molecule has 5 nitrogen and oxygen atoms in total. The van der Waals surface area contributed by atoms with Crippen LogP contribution in [0.3, 0.4) is 0 Å². The zero-order chi connectivity index (χ0) is 12.1. The molecule has 3 N–H and O–H groups in total. The molecule has 0 spiro atoms. The van der Waals surface area contributed by atoms with Gasteiger partial charge in [0.15, 0.2) is 0 Å².